The molecule has 0 saturated carbocycles. The molecule has 2 rings (SSSR count). The SMILES string of the molecule is COc1ccc(CN(CC2(O)CCN(C(=O)OC(C)(C)C)CC2)C(=O)[C@H](C)Cl)cc1. The molecule has 0 radical (unpaired) electrons. The summed E-state index contributed by atoms with van der Waals surface area (Å²) in [5.74, 6) is 0.492. The first-order valence-electron chi connectivity index (χ1n) is 10.2. The van der Waals surface area contributed by atoms with Crippen LogP contribution in [0.5, 0.6) is 5.75 Å². The number of carbonyl (C=O) groups excluding carboxylic acids is 2. The van der Waals surface area contributed by atoms with E-state index in [-0.39, 0.29) is 18.5 Å². The van der Waals surface area contributed by atoms with Gasteiger partial charge < -0.3 is 24.4 Å². The molecule has 1 saturated heterocycles. The molecule has 0 spiro atoms. The molecule has 1 aromatic rings. The summed E-state index contributed by atoms with van der Waals surface area (Å²) in [4.78, 5) is 28.1. The standard InChI is InChI=1S/C22H33ClN2O5/c1-16(23)19(26)25(14-17-6-8-18(29-5)9-7-17)15-22(28)10-12-24(13-11-22)20(27)30-21(2,3)4/h6-9,16,28H,10-15H2,1-5H3/t16-/m0/s1. The van der Waals surface area contributed by atoms with Crippen LogP contribution in [0.2, 0.25) is 0 Å². The van der Waals surface area contributed by atoms with Crippen molar-refractivity contribution in [2.75, 3.05) is 26.7 Å². The van der Waals surface area contributed by atoms with Gasteiger partial charge in [0.2, 0.25) is 5.91 Å². The number of nitrogens with zero attached hydrogens (tertiary/aromatic N) is 2. The Hall–Kier alpha value is -1.99. The van der Waals surface area contributed by atoms with E-state index in [1.165, 1.54) is 0 Å². The van der Waals surface area contributed by atoms with E-state index in [0.29, 0.717) is 32.5 Å². The second-order valence-electron chi connectivity index (χ2n) is 8.85. The predicted molar refractivity (Wildman–Crippen MR) is 116 cm³/mol. The molecule has 0 bridgehead atoms. The third kappa shape index (κ3) is 7.06. The number of alkyl halides is 1. The third-order valence-corrected chi connectivity index (χ3v) is 5.20. The highest BCUT2D eigenvalue weighted by atomic mass is 35.5. The molecule has 2 amide bonds. The average molecular weight is 441 g/mol. The zero-order valence-corrected chi connectivity index (χ0v) is 19.2. The number of amides is 2. The lowest BCUT2D eigenvalue weighted by atomic mass is 9.90. The maximum absolute atomic E-state index is 12.7. The van der Waals surface area contributed by atoms with E-state index in [1.807, 2.05) is 45.0 Å². The van der Waals surface area contributed by atoms with Gasteiger partial charge in [-0.25, -0.2) is 4.79 Å². The van der Waals surface area contributed by atoms with Crippen LogP contribution in [0.4, 0.5) is 4.79 Å². The number of likely N-dealkylation sites (tertiary alicyclic amines) is 1. The van der Waals surface area contributed by atoms with Gasteiger partial charge in [0.05, 0.1) is 12.7 Å². The molecule has 0 aromatic heterocycles. The van der Waals surface area contributed by atoms with Gasteiger partial charge in [0, 0.05) is 26.2 Å². The highest BCUT2D eigenvalue weighted by molar-refractivity contribution is 6.30. The smallest absolute Gasteiger partial charge is 0.410 e. The summed E-state index contributed by atoms with van der Waals surface area (Å²) in [6.45, 7) is 8.30. The first-order chi connectivity index (χ1) is 13.9. The highest BCUT2D eigenvalue weighted by Gasteiger charge is 2.38. The van der Waals surface area contributed by atoms with Gasteiger partial charge >= 0.3 is 6.09 Å². The van der Waals surface area contributed by atoms with Crippen LogP contribution in [-0.2, 0) is 16.1 Å². The lowest BCUT2D eigenvalue weighted by Crippen LogP contribution is -2.54. The Labute approximate surface area is 183 Å². The molecule has 1 N–H and O–H groups in total. The van der Waals surface area contributed by atoms with Crippen LogP contribution >= 0.6 is 11.6 Å². The number of piperidine rings is 1. The summed E-state index contributed by atoms with van der Waals surface area (Å²) in [7, 11) is 1.60. The maximum atomic E-state index is 12.7. The molecule has 0 unspecified atom stereocenters. The average Bonchev–Trinajstić information content (AvgIpc) is 2.66. The topological polar surface area (TPSA) is 79.3 Å². The lowest BCUT2D eigenvalue weighted by Gasteiger charge is -2.41. The molecular formula is C22H33ClN2O5. The highest BCUT2D eigenvalue weighted by Crippen LogP contribution is 2.26. The molecule has 1 fully saturated rings. The zero-order chi connectivity index (χ0) is 22.5. The summed E-state index contributed by atoms with van der Waals surface area (Å²) >= 11 is 6.06. The van der Waals surface area contributed by atoms with E-state index in [9.17, 15) is 14.7 Å². The number of carbonyl (C=O) groups is 2. The summed E-state index contributed by atoms with van der Waals surface area (Å²) in [6, 6.07) is 7.42. The monoisotopic (exact) mass is 440 g/mol. The Balaban J connectivity index is 2.04. The maximum Gasteiger partial charge on any atom is 0.410 e. The van der Waals surface area contributed by atoms with Crippen LogP contribution < -0.4 is 4.74 Å². The fourth-order valence-electron chi connectivity index (χ4n) is 3.36. The molecule has 168 valence electrons. The Morgan fingerprint density at radius 1 is 1.23 bits per heavy atom. The molecule has 0 aliphatic carbocycles. The van der Waals surface area contributed by atoms with E-state index in [4.69, 9.17) is 21.1 Å². The van der Waals surface area contributed by atoms with Gasteiger partial charge in [-0.3, -0.25) is 4.79 Å². The number of benzene rings is 1. The Morgan fingerprint density at radius 3 is 2.27 bits per heavy atom. The van der Waals surface area contributed by atoms with Crippen molar-refractivity contribution >= 4 is 23.6 Å². The molecule has 1 aliphatic heterocycles. The number of rotatable bonds is 6. The van der Waals surface area contributed by atoms with Crippen molar-refractivity contribution in [1.29, 1.82) is 0 Å². The molecule has 1 aromatic carbocycles. The quantitative estimate of drug-likeness (QED) is 0.685. The van der Waals surface area contributed by atoms with E-state index < -0.39 is 16.6 Å². The van der Waals surface area contributed by atoms with Crippen molar-refractivity contribution in [3.05, 3.63) is 29.8 Å². The lowest BCUT2D eigenvalue weighted by molar-refractivity contribution is -0.136. The van der Waals surface area contributed by atoms with Crippen molar-refractivity contribution in [1.82, 2.24) is 9.80 Å². The third-order valence-electron chi connectivity index (χ3n) is 5.02. The minimum atomic E-state index is -1.09. The number of methoxy groups -OCH3 is 1. The number of halogens is 1. The summed E-state index contributed by atoms with van der Waals surface area (Å²) in [5.41, 5.74) is -0.744. The largest absolute Gasteiger partial charge is 0.497 e. The Bertz CT molecular complexity index is 722. The Morgan fingerprint density at radius 2 is 1.80 bits per heavy atom. The second kappa shape index (κ2) is 9.88. The van der Waals surface area contributed by atoms with E-state index in [2.05, 4.69) is 0 Å². The molecule has 30 heavy (non-hydrogen) atoms. The number of ether oxygens (including phenoxy) is 2. The van der Waals surface area contributed by atoms with Gasteiger partial charge in [0.25, 0.3) is 0 Å². The van der Waals surface area contributed by atoms with Crippen LogP contribution in [0.25, 0.3) is 0 Å². The van der Waals surface area contributed by atoms with E-state index in [0.717, 1.165) is 11.3 Å². The number of hydrogen-bond donors (Lipinski definition) is 1. The van der Waals surface area contributed by atoms with Crippen LogP contribution in [0, 0.1) is 0 Å². The Kier molecular flexibility index (Phi) is 7.99. The zero-order valence-electron chi connectivity index (χ0n) is 18.5. The van der Waals surface area contributed by atoms with Crippen LogP contribution in [0.15, 0.2) is 24.3 Å². The van der Waals surface area contributed by atoms with E-state index in [1.54, 1.807) is 23.8 Å². The van der Waals surface area contributed by atoms with Gasteiger partial charge in [-0.05, 0) is 58.2 Å². The summed E-state index contributed by atoms with van der Waals surface area (Å²) in [5, 5.41) is 10.4. The molecule has 8 heteroatoms. The summed E-state index contributed by atoms with van der Waals surface area (Å²) in [6.07, 6.45) is 0.329. The van der Waals surface area contributed by atoms with Gasteiger partial charge in [-0.1, -0.05) is 12.1 Å². The minimum absolute atomic E-state index is 0.150. The number of hydrogen-bond acceptors (Lipinski definition) is 5. The van der Waals surface area contributed by atoms with Crippen LogP contribution in [0.3, 0.4) is 0 Å². The first kappa shape index (κ1) is 24.3. The molecule has 7 nitrogen and oxygen atoms in total. The molecule has 1 atom stereocenters. The van der Waals surface area contributed by atoms with Crippen LogP contribution in [0.1, 0.15) is 46.1 Å². The predicted octanol–water partition coefficient (Wildman–Crippen LogP) is 3.41. The molecule has 1 aliphatic rings. The van der Waals surface area contributed by atoms with Gasteiger partial charge in [0.1, 0.15) is 16.7 Å². The van der Waals surface area contributed by atoms with Crippen molar-refractivity contribution in [3.63, 3.8) is 0 Å². The fourth-order valence-corrected chi connectivity index (χ4v) is 3.50. The van der Waals surface area contributed by atoms with Gasteiger partial charge in [0.15, 0.2) is 0 Å². The fraction of sp³-hybridized carbons (Fsp3) is 0.636. The van der Waals surface area contributed by atoms with Crippen molar-refractivity contribution < 1.29 is 24.2 Å². The van der Waals surface area contributed by atoms with Crippen molar-refractivity contribution in [2.45, 2.75) is 63.7 Å². The van der Waals surface area contributed by atoms with Gasteiger partial charge in [-0.2, -0.15) is 0 Å². The normalized spacial score (nSPS) is 17.2. The second-order valence-corrected chi connectivity index (χ2v) is 9.50. The molecule has 1 heterocycles. The van der Waals surface area contributed by atoms with Crippen molar-refractivity contribution in [3.8, 4) is 5.75 Å². The first-order valence-corrected chi connectivity index (χ1v) is 10.6. The van der Waals surface area contributed by atoms with E-state index >= 15 is 0 Å². The number of aliphatic hydroxyl groups is 1. The summed E-state index contributed by atoms with van der Waals surface area (Å²) < 4.78 is 10.6. The van der Waals surface area contributed by atoms with Crippen molar-refractivity contribution in [2.24, 2.45) is 0 Å². The minimum Gasteiger partial charge on any atom is -0.497 e. The van der Waals surface area contributed by atoms with Gasteiger partial charge in [-0.15, -0.1) is 11.6 Å². The van der Waals surface area contributed by atoms with Crippen LogP contribution in [-0.4, -0.2) is 70.2 Å². The molecular weight excluding hydrogens is 408 g/mol.